The first-order chi connectivity index (χ1) is 15.0. The summed E-state index contributed by atoms with van der Waals surface area (Å²) in [6.07, 6.45) is 3.32. The van der Waals surface area contributed by atoms with Crippen LogP contribution in [0.5, 0.6) is 5.75 Å². The number of anilines is 1. The number of ether oxygens (including phenoxy) is 1. The third-order valence-corrected chi connectivity index (χ3v) is 6.82. The van der Waals surface area contributed by atoms with E-state index in [-0.39, 0.29) is 15.5 Å². The number of fused-ring (bicyclic) bond motifs is 1. The second-order valence-electron chi connectivity index (χ2n) is 7.69. The van der Waals surface area contributed by atoms with Gasteiger partial charge < -0.3 is 19.1 Å². The number of hydrogen-bond donors (Lipinski definition) is 0. The average molecular weight is 444 g/mol. The highest BCUT2D eigenvalue weighted by Crippen LogP contribution is 2.31. The zero-order chi connectivity index (χ0) is 22.0. The summed E-state index contributed by atoms with van der Waals surface area (Å²) in [5.41, 5.74) is 2.33. The molecule has 2 aromatic heterocycles. The molecular weight excluding hydrogens is 418 g/mol. The van der Waals surface area contributed by atoms with Crippen molar-refractivity contribution >= 4 is 33.1 Å². The van der Waals surface area contributed by atoms with Gasteiger partial charge in [0, 0.05) is 50.7 Å². The predicted molar refractivity (Wildman–Crippen MR) is 121 cm³/mol. The third kappa shape index (κ3) is 4.54. The van der Waals surface area contributed by atoms with Crippen molar-refractivity contribution < 1.29 is 9.66 Å². The Balaban J connectivity index is 1.38. The van der Waals surface area contributed by atoms with Crippen LogP contribution in [0.25, 0.3) is 11.0 Å². The fourth-order valence-electron chi connectivity index (χ4n) is 4.08. The summed E-state index contributed by atoms with van der Waals surface area (Å²) < 4.78 is 7.06. The number of hydrogen-bond acceptors (Lipinski definition) is 8. The lowest BCUT2D eigenvalue weighted by atomic mass is 10.0. The lowest BCUT2D eigenvalue weighted by molar-refractivity contribution is -0.380. The average Bonchev–Trinajstić information content (AvgIpc) is 3.29. The molecule has 0 N–H and O–H groups in total. The van der Waals surface area contributed by atoms with Crippen LogP contribution >= 0.6 is 11.3 Å². The van der Waals surface area contributed by atoms with Crippen molar-refractivity contribution in [1.82, 2.24) is 14.5 Å². The summed E-state index contributed by atoms with van der Waals surface area (Å²) in [6, 6.07) is 7.55. The molecule has 0 aliphatic carbocycles. The summed E-state index contributed by atoms with van der Waals surface area (Å²) in [5, 5.41) is 13.0. The highest BCUT2D eigenvalue weighted by molar-refractivity contribution is 7.13. The number of methoxy groups -OCH3 is 1. The maximum atomic E-state index is 12.4. The van der Waals surface area contributed by atoms with Crippen LogP contribution in [0, 0.1) is 10.1 Å². The molecule has 0 radical (unpaired) electrons. The van der Waals surface area contributed by atoms with Crippen LogP contribution in [0.2, 0.25) is 0 Å². The van der Waals surface area contributed by atoms with E-state index in [2.05, 4.69) is 14.8 Å². The zero-order valence-electron chi connectivity index (χ0n) is 17.6. The molecule has 3 aromatic rings. The summed E-state index contributed by atoms with van der Waals surface area (Å²) in [5.74, 6) is 0.700. The third-order valence-electron chi connectivity index (χ3n) is 5.96. The lowest BCUT2D eigenvalue weighted by Crippen LogP contribution is -2.44. The van der Waals surface area contributed by atoms with Gasteiger partial charge in [-0.2, -0.15) is 0 Å². The van der Waals surface area contributed by atoms with Gasteiger partial charge in [-0.05, 0) is 25.0 Å². The largest absolute Gasteiger partial charge is 0.497 e. The fraction of sp³-hybridized carbons (Fsp3) is 0.429. The van der Waals surface area contributed by atoms with E-state index in [1.807, 2.05) is 30.6 Å². The van der Waals surface area contributed by atoms with E-state index in [0.29, 0.717) is 18.3 Å². The van der Waals surface area contributed by atoms with Gasteiger partial charge in [-0.1, -0.05) is 11.3 Å². The highest BCUT2D eigenvalue weighted by atomic mass is 32.1. The van der Waals surface area contributed by atoms with Gasteiger partial charge in [0.1, 0.15) is 5.75 Å². The number of nitrogens with zero attached hydrogens (tertiary/aromatic N) is 5. The summed E-state index contributed by atoms with van der Waals surface area (Å²) >= 11 is 1.16. The molecule has 0 saturated carbocycles. The Bertz CT molecular complexity index is 1140. The van der Waals surface area contributed by atoms with Gasteiger partial charge in [-0.25, -0.2) is 4.98 Å². The Labute approximate surface area is 183 Å². The minimum atomic E-state index is -0.342. The first-order valence-electron chi connectivity index (χ1n) is 10.2. The molecule has 164 valence electrons. The van der Waals surface area contributed by atoms with Gasteiger partial charge in [0.05, 0.1) is 41.0 Å². The predicted octanol–water partition coefficient (Wildman–Crippen LogP) is 2.98. The van der Waals surface area contributed by atoms with Crippen LogP contribution in [0.1, 0.15) is 12.8 Å². The number of nitro groups is 1. The van der Waals surface area contributed by atoms with E-state index in [0.717, 1.165) is 60.5 Å². The molecule has 1 aliphatic heterocycles. The molecule has 0 spiro atoms. The molecule has 1 saturated heterocycles. The van der Waals surface area contributed by atoms with E-state index in [1.165, 1.54) is 6.20 Å². The normalized spacial score (nSPS) is 15.3. The summed E-state index contributed by atoms with van der Waals surface area (Å²) in [6.45, 7) is 3.20. The Kier molecular flexibility index (Phi) is 6.19. The van der Waals surface area contributed by atoms with Crippen molar-refractivity contribution in [2.75, 3.05) is 38.7 Å². The van der Waals surface area contributed by atoms with Gasteiger partial charge >= 0.3 is 5.00 Å². The van der Waals surface area contributed by atoms with Crippen LogP contribution in [-0.4, -0.2) is 59.2 Å². The van der Waals surface area contributed by atoms with Crippen molar-refractivity contribution in [2.45, 2.75) is 25.4 Å². The molecule has 10 heteroatoms. The molecular formula is C21H25N5O4S. The van der Waals surface area contributed by atoms with Crippen molar-refractivity contribution in [1.29, 1.82) is 0 Å². The van der Waals surface area contributed by atoms with Crippen LogP contribution in [0.15, 0.2) is 40.6 Å². The molecule has 31 heavy (non-hydrogen) atoms. The van der Waals surface area contributed by atoms with Gasteiger partial charge in [0.15, 0.2) is 0 Å². The van der Waals surface area contributed by atoms with Crippen LogP contribution in [-0.2, 0) is 6.54 Å². The highest BCUT2D eigenvalue weighted by Gasteiger charge is 2.24. The number of likely N-dealkylation sites (tertiary alicyclic amines) is 1. The van der Waals surface area contributed by atoms with Gasteiger partial charge in [-0.3, -0.25) is 14.9 Å². The van der Waals surface area contributed by atoms with E-state index < -0.39 is 0 Å². The number of thiophene rings is 1. The summed E-state index contributed by atoms with van der Waals surface area (Å²) in [7, 11) is 3.61. The smallest absolute Gasteiger partial charge is 0.326 e. The van der Waals surface area contributed by atoms with E-state index in [4.69, 9.17) is 4.74 Å². The van der Waals surface area contributed by atoms with E-state index in [1.54, 1.807) is 17.7 Å². The minimum absolute atomic E-state index is 0.116. The first-order valence-corrected chi connectivity index (χ1v) is 11.1. The Morgan fingerprint density at radius 3 is 2.74 bits per heavy atom. The summed E-state index contributed by atoms with van der Waals surface area (Å²) in [4.78, 5) is 31.8. The molecule has 3 heterocycles. The van der Waals surface area contributed by atoms with Crippen molar-refractivity contribution in [3.05, 3.63) is 56.3 Å². The van der Waals surface area contributed by atoms with Gasteiger partial charge in [-0.15, -0.1) is 0 Å². The maximum absolute atomic E-state index is 12.4. The minimum Gasteiger partial charge on any atom is -0.497 e. The molecule has 4 rings (SSSR count). The maximum Gasteiger partial charge on any atom is 0.326 e. The van der Waals surface area contributed by atoms with Crippen LogP contribution in [0.3, 0.4) is 0 Å². The monoisotopic (exact) mass is 443 g/mol. The molecule has 1 aliphatic rings. The zero-order valence-corrected chi connectivity index (χ0v) is 18.4. The molecule has 1 fully saturated rings. The molecule has 0 atom stereocenters. The quantitative estimate of drug-likeness (QED) is 0.409. The van der Waals surface area contributed by atoms with Crippen LogP contribution in [0.4, 0.5) is 10.7 Å². The lowest BCUT2D eigenvalue weighted by Gasteiger charge is -2.37. The Morgan fingerprint density at radius 1 is 1.29 bits per heavy atom. The van der Waals surface area contributed by atoms with Crippen molar-refractivity contribution in [2.24, 2.45) is 0 Å². The van der Waals surface area contributed by atoms with Crippen molar-refractivity contribution in [3.63, 3.8) is 0 Å². The Hall–Kier alpha value is -2.98. The number of benzene rings is 1. The molecule has 0 bridgehead atoms. The first kappa shape index (κ1) is 21.3. The van der Waals surface area contributed by atoms with E-state index >= 15 is 0 Å². The van der Waals surface area contributed by atoms with Crippen LogP contribution < -0.4 is 15.2 Å². The molecule has 0 amide bonds. The molecule has 9 nitrogen and oxygen atoms in total. The molecule has 1 aromatic carbocycles. The number of rotatable bonds is 7. The second kappa shape index (κ2) is 9.03. The Morgan fingerprint density at radius 2 is 2.06 bits per heavy atom. The SMILES string of the molecule is COc1ccc2ncc(=O)n(CCN3CCC(N(C)c4csc([N+](=O)[O-])c4)CC3)c2c1. The standard InChI is InChI=1S/C21H25N5O4S/c1-23(16-11-21(26(28)29)31-14-16)15-5-7-24(8-6-15)9-10-25-19-12-17(30-2)3-4-18(19)22-13-20(25)27/h3-4,11-15H,5-10H2,1-2H3. The van der Waals surface area contributed by atoms with Gasteiger partial charge in [0.25, 0.3) is 5.56 Å². The van der Waals surface area contributed by atoms with E-state index in [9.17, 15) is 14.9 Å². The number of piperidine rings is 1. The van der Waals surface area contributed by atoms with Crippen molar-refractivity contribution in [3.8, 4) is 5.75 Å². The second-order valence-corrected chi connectivity index (χ2v) is 8.58. The fourth-order valence-corrected chi connectivity index (χ4v) is 4.83. The molecule has 0 unspecified atom stereocenters. The van der Waals surface area contributed by atoms with Gasteiger partial charge in [0.2, 0.25) is 0 Å². The number of aromatic nitrogens is 2. The topological polar surface area (TPSA) is 93.7 Å².